The number of para-hydroxylation sites is 3. The first kappa shape index (κ1) is 21.6. The van der Waals surface area contributed by atoms with Crippen LogP contribution in [0.5, 0.6) is 5.75 Å². The number of methoxy groups -OCH3 is 1. The maximum Gasteiger partial charge on any atom is 0.257 e. The summed E-state index contributed by atoms with van der Waals surface area (Å²) in [5.74, 6) is 0.771. The monoisotopic (exact) mass is 490 g/mol. The Bertz CT molecular complexity index is 1270. The topological polar surface area (TPSA) is 78.5 Å². The van der Waals surface area contributed by atoms with Crippen molar-refractivity contribution in [1.29, 1.82) is 0 Å². The van der Waals surface area contributed by atoms with Crippen LogP contribution in [0.25, 0.3) is 10.9 Å². The van der Waals surface area contributed by atoms with Gasteiger partial charge in [-0.2, -0.15) is 0 Å². The van der Waals surface area contributed by atoms with Gasteiger partial charge in [0.1, 0.15) is 5.75 Å². The largest absolute Gasteiger partial charge is 0.495 e. The molecule has 0 aliphatic rings. The Hall–Kier alpha value is -3.58. The summed E-state index contributed by atoms with van der Waals surface area (Å²) >= 11 is 3.41. The molecule has 3 N–H and O–H groups in total. The Morgan fingerprint density at radius 1 is 1.06 bits per heavy atom. The summed E-state index contributed by atoms with van der Waals surface area (Å²) in [5, 5.41) is 7.28. The van der Waals surface area contributed by atoms with E-state index in [1.54, 1.807) is 19.2 Å². The highest BCUT2D eigenvalue weighted by molar-refractivity contribution is 9.10. The number of fused-ring (bicyclic) bond motifs is 1. The molecule has 0 bridgehead atoms. The van der Waals surface area contributed by atoms with Crippen LogP contribution in [0.3, 0.4) is 0 Å². The lowest BCUT2D eigenvalue weighted by Gasteiger charge is -2.14. The van der Waals surface area contributed by atoms with E-state index in [1.165, 1.54) is 10.9 Å². The standard InChI is InChI=1S/C25H23BrN4O2/c1-32-23-12-5-4-11-22(23)29-25(30-24(31)17-7-6-8-19(26)15-17)27-14-13-18-16-28-21-10-3-2-9-20(18)21/h2-12,15-16,28H,13-14H2,1H3,(H2,27,29,30,31). The van der Waals surface area contributed by atoms with E-state index < -0.39 is 0 Å². The van der Waals surface area contributed by atoms with E-state index in [4.69, 9.17) is 4.74 Å². The van der Waals surface area contributed by atoms with Gasteiger partial charge in [0.15, 0.2) is 0 Å². The highest BCUT2D eigenvalue weighted by Crippen LogP contribution is 2.23. The molecule has 1 amide bonds. The fourth-order valence-electron chi connectivity index (χ4n) is 3.42. The van der Waals surface area contributed by atoms with Gasteiger partial charge in [-0.05, 0) is 48.4 Å². The van der Waals surface area contributed by atoms with Crippen LogP contribution in [0.1, 0.15) is 15.9 Å². The number of aromatic amines is 1. The van der Waals surface area contributed by atoms with Crippen LogP contribution in [0.4, 0.5) is 5.69 Å². The van der Waals surface area contributed by atoms with Crippen LogP contribution in [-0.2, 0) is 6.42 Å². The Kier molecular flexibility index (Phi) is 6.87. The maximum atomic E-state index is 12.8. The Morgan fingerprint density at radius 3 is 2.72 bits per heavy atom. The summed E-state index contributed by atoms with van der Waals surface area (Å²) in [7, 11) is 1.61. The molecule has 4 rings (SSSR count). The number of guanidine groups is 1. The molecule has 0 aliphatic heterocycles. The molecule has 0 saturated carbocycles. The third-order valence-corrected chi connectivity index (χ3v) is 5.50. The number of amides is 1. The smallest absolute Gasteiger partial charge is 0.257 e. The Balaban J connectivity index is 1.55. The normalized spacial score (nSPS) is 11.4. The molecule has 0 spiro atoms. The summed E-state index contributed by atoms with van der Waals surface area (Å²) in [6.07, 6.45) is 2.74. The van der Waals surface area contributed by atoms with Crippen LogP contribution in [0, 0.1) is 0 Å². The fraction of sp³-hybridized carbons (Fsp3) is 0.120. The molecular formula is C25H23BrN4O2. The SMILES string of the molecule is COc1ccccc1NC(=NCCc1c[nH]c2ccccc12)NC(=O)c1cccc(Br)c1. The molecule has 0 fully saturated rings. The second-order valence-electron chi connectivity index (χ2n) is 7.13. The Labute approximate surface area is 194 Å². The van der Waals surface area contributed by atoms with Gasteiger partial charge in [0.25, 0.3) is 5.91 Å². The van der Waals surface area contributed by atoms with Gasteiger partial charge < -0.3 is 15.0 Å². The number of benzene rings is 3. The molecule has 1 heterocycles. The number of ether oxygens (including phenoxy) is 1. The van der Waals surface area contributed by atoms with E-state index in [9.17, 15) is 4.79 Å². The van der Waals surface area contributed by atoms with Gasteiger partial charge in [0, 0.05) is 33.7 Å². The number of hydrogen-bond acceptors (Lipinski definition) is 3. The molecule has 6 nitrogen and oxygen atoms in total. The number of nitrogens with zero attached hydrogens (tertiary/aromatic N) is 1. The van der Waals surface area contributed by atoms with Crippen LogP contribution in [0.2, 0.25) is 0 Å². The molecule has 0 aliphatic carbocycles. The van der Waals surface area contributed by atoms with Gasteiger partial charge in [-0.3, -0.25) is 15.1 Å². The lowest BCUT2D eigenvalue weighted by molar-refractivity contribution is 0.0977. The zero-order valence-corrected chi connectivity index (χ0v) is 19.1. The number of nitrogens with one attached hydrogen (secondary N) is 3. The van der Waals surface area contributed by atoms with Crippen molar-refractivity contribution in [3.63, 3.8) is 0 Å². The van der Waals surface area contributed by atoms with Crippen LogP contribution in [0.15, 0.2) is 88.5 Å². The number of H-pyrrole nitrogens is 1. The second kappa shape index (κ2) is 10.2. The quantitative estimate of drug-likeness (QED) is 0.250. The van der Waals surface area contributed by atoms with Gasteiger partial charge in [-0.25, -0.2) is 0 Å². The predicted molar refractivity (Wildman–Crippen MR) is 133 cm³/mol. The van der Waals surface area contributed by atoms with Crippen molar-refractivity contribution in [2.45, 2.75) is 6.42 Å². The van der Waals surface area contributed by atoms with Crippen LogP contribution < -0.4 is 15.4 Å². The molecule has 0 radical (unpaired) electrons. The highest BCUT2D eigenvalue weighted by atomic mass is 79.9. The molecule has 3 aromatic carbocycles. The molecule has 4 aromatic rings. The van der Waals surface area contributed by atoms with Crippen molar-refractivity contribution in [2.75, 3.05) is 19.0 Å². The lowest BCUT2D eigenvalue weighted by Crippen LogP contribution is -2.36. The zero-order valence-electron chi connectivity index (χ0n) is 17.6. The summed E-state index contributed by atoms with van der Waals surface area (Å²) < 4.78 is 6.26. The number of anilines is 1. The first-order chi connectivity index (χ1) is 15.6. The summed E-state index contributed by atoms with van der Waals surface area (Å²) in [6, 6.07) is 22.9. The first-order valence-electron chi connectivity index (χ1n) is 10.2. The molecule has 32 heavy (non-hydrogen) atoms. The molecule has 1 aromatic heterocycles. The van der Waals surface area contributed by atoms with Crippen molar-refractivity contribution in [3.8, 4) is 5.75 Å². The van der Waals surface area contributed by atoms with Gasteiger partial charge in [-0.1, -0.05) is 52.3 Å². The number of rotatable bonds is 6. The van der Waals surface area contributed by atoms with E-state index in [0.29, 0.717) is 23.8 Å². The van der Waals surface area contributed by atoms with Gasteiger partial charge in [0.05, 0.1) is 12.8 Å². The van der Waals surface area contributed by atoms with Crippen LogP contribution >= 0.6 is 15.9 Å². The predicted octanol–water partition coefficient (Wildman–Crippen LogP) is 5.38. The second-order valence-corrected chi connectivity index (χ2v) is 8.05. The van der Waals surface area contributed by atoms with E-state index in [0.717, 1.165) is 22.1 Å². The molecule has 0 atom stereocenters. The van der Waals surface area contributed by atoms with E-state index in [1.807, 2.05) is 54.7 Å². The third kappa shape index (κ3) is 5.18. The van der Waals surface area contributed by atoms with Gasteiger partial charge in [0.2, 0.25) is 5.96 Å². The van der Waals surface area contributed by atoms with Crippen molar-refractivity contribution in [2.24, 2.45) is 4.99 Å². The number of aliphatic imine (C=N–C) groups is 1. The lowest BCUT2D eigenvalue weighted by atomic mass is 10.1. The summed E-state index contributed by atoms with van der Waals surface area (Å²) in [5.41, 5.74) is 3.53. The molecular weight excluding hydrogens is 468 g/mol. The molecule has 0 saturated heterocycles. The van der Waals surface area contributed by atoms with Crippen molar-refractivity contribution >= 4 is 44.4 Å². The maximum absolute atomic E-state index is 12.8. The summed E-state index contributed by atoms with van der Waals surface area (Å²) in [6.45, 7) is 0.498. The molecule has 7 heteroatoms. The summed E-state index contributed by atoms with van der Waals surface area (Å²) in [4.78, 5) is 20.8. The highest BCUT2D eigenvalue weighted by Gasteiger charge is 2.12. The minimum Gasteiger partial charge on any atom is -0.495 e. The zero-order chi connectivity index (χ0) is 22.3. The number of aromatic nitrogens is 1. The third-order valence-electron chi connectivity index (χ3n) is 5.00. The first-order valence-corrected chi connectivity index (χ1v) is 11.0. The number of carbonyl (C=O) groups is 1. The van der Waals surface area contributed by atoms with Gasteiger partial charge in [-0.15, -0.1) is 0 Å². The number of carbonyl (C=O) groups excluding carboxylic acids is 1. The molecule has 162 valence electrons. The Morgan fingerprint density at radius 2 is 1.88 bits per heavy atom. The van der Waals surface area contributed by atoms with Gasteiger partial charge >= 0.3 is 0 Å². The van der Waals surface area contributed by atoms with E-state index in [2.05, 4.69) is 48.7 Å². The van der Waals surface area contributed by atoms with E-state index >= 15 is 0 Å². The van der Waals surface area contributed by atoms with E-state index in [-0.39, 0.29) is 5.91 Å². The van der Waals surface area contributed by atoms with Crippen molar-refractivity contribution < 1.29 is 9.53 Å². The average Bonchev–Trinajstić information content (AvgIpc) is 3.22. The fourth-order valence-corrected chi connectivity index (χ4v) is 3.82. The minimum absolute atomic E-state index is 0.250. The van der Waals surface area contributed by atoms with Crippen molar-refractivity contribution in [1.82, 2.24) is 10.3 Å². The minimum atomic E-state index is -0.250. The number of hydrogen-bond donors (Lipinski definition) is 3. The average molecular weight is 491 g/mol. The molecule has 0 unspecified atom stereocenters. The number of halogens is 1. The van der Waals surface area contributed by atoms with Crippen LogP contribution in [-0.4, -0.2) is 30.5 Å². The van der Waals surface area contributed by atoms with Crippen molar-refractivity contribution in [3.05, 3.63) is 94.6 Å².